The van der Waals surface area contributed by atoms with Crippen molar-refractivity contribution in [2.45, 2.75) is 90.5 Å². The van der Waals surface area contributed by atoms with Crippen LogP contribution in [0, 0.1) is 18.3 Å². The van der Waals surface area contributed by atoms with Crippen molar-refractivity contribution in [2.24, 2.45) is 11.8 Å². The predicted molar refractivity (Wildman–Crippen MR) is 178 cm³/mol. The molecule has 0 aliphatic heterocycles. The fraction of sp³-hybridized carbons (Fsp3) is 0.410. The molecule has 0 nitrogen and oxygen atoms in total. The molecule has 0 saturated heterocycles. The van der Waals surface area contributed by atoms with Crippen molar-refractivity contribution in [1.82, 2.24) is 0 Å². The van der Waals surface area contributed by atoms with E-state index in [9.17, 15) is 0 Å². The summed E-state index contributed by atoms with van der Waals surface area (Å²) in [5.74, 6) is 1.19. The number of hydrogen-bond donors (Lipinski definition) is 0. The van der Waals surface area contributed by atoms with Crippen molar-refractivity contribution < 1.29 is 58.9 Å². The van der Waals surface area contributed by atoms with Crippen LogP contribution in [-0.4, -0.2) is 8.07 Å². The van der Waals surface area contributed by atoms with Crippen molar-refractivity contribution in [1.29, 1.82) is 0 Å². The van der Waals surface area contributed by atoms with Crippen molar-refractivity contribution >= 4 is 23.6 Å². The zero-order chi connectivity index (χ0) is 27.8. The molecule has 0 aromatic heterocycles. The monoisotopic (exact) mass is 698 g/mol. The van der Waals surface area contributed by atoms with E-state index in [0.717, 1.165) is 0 Å². The van der Waals surface area contributed by atoms with E-state index >= 15 is 0 Å². The van der Waals surface area contributed by atoms with Gasteiger partial charge in [-0.15, -0.1) is 0 Å². The van der Waals surface area contributed by atoms with E-state index in [1.807, 2.05) is 0 Å². The molecular weight excluding hydrogens is 651 g/mol. The molecule has 2 aliphatic rings. The number of halogens is 3. The molecular formula is C39H49Cl3SiTi. The van der Waals surface area contributed by atoms with Crippen LogP contribution >= 0.6 is 0 Å². The summed E-state index contributed by atoms with van der Waals surface area (Å²) >= 11 is 0. The van der Waals surface area contributed by atoms with Crippen LogP contribution < -0.4 is 52.8 Å². The molecule has 234 valence electrons. The Morgan fingerprint density at radius 3 is 1.30 bits per heavy atom. The number of fused-ring (bicyclic) bond motifs is 1. The average molecular weight is 700 g/mol. The van der Waals surface area contributed by atoms with Gasteiger partial charge in [0.2, 0.25) is 0 Å². The summed E-state index contributed by atoms with van der Waals surface area (Å²) in [6.45, 7) is 6.87. The van der Waals surface area contributed by atoms with Crippen molar-refractivity contribution in [3.05, 3.63) is 120 Å². The molecule has 44 heavy (non-hydrogen) atoms. The number of benzene rings is 3. The van der Waals surface area contributed by atoms with E-state index in [0.29, 0.717) is 17.4 Å². The molecule has 5 rings (SSSR count). The molecule has 3 unspecified atom stereocenters. The molecule has 0 spiro atoms. The number of allylic oxidation sites excluding steroid dienone is 4. The Kier molecular flexibility index (Phi) is 18.8. The van der Waals surface area contributed by atoms with Gasteiger partial charge in [0.25, 0.3) is 0 Å². The van der Waals surface area contributed by atoms with Gasteiger partial charge in [0.1, 0.15) is 8.07 Å². The summed E-state index contributed by atoms with van der Waals surface area (Å²) in [5, 5.41) is 4.71. The summed E-state index contributed by atoms with van der Waals surface area (Å²) in [5.41, 5.74) is 4.97. The minimum atomic E-state index is -2.40. The van der Waals surface area contributed by atoms with Crippen LogP contribution in [0.25, 0.3) is 0 Å². The molecule has 1 fully saturated rings. The minimum Gasteiger partial charge on any atom is -1.00 e. The molecule has 0 bridgehead atoms. The van der Waals surface area contributed by atoms with Crippen LogP contribution in [0.15, 0.2) is 97.1 Å². The Bertz CT molecular complexity index is 1140. The molecule has 5 heteroatoms. The van der Waals surface area contributed by atoms with Crippen LogP contribution in [0.2, 0.25) is 5.54 Å². The Balaban J connectivity index is 0.00000242. The quantitative estimate of drug-likeness (QED) is 0.129. The maximum atomic E-state index is 2.72. The van der Waals surface area contributed by atoms with Gasteiger partial charge >= 0.3 is 21.7 Å². The third-order valence-corrected chi connectivity index (χ3v) is 14.9. The second kappa shape index (κ2) is 20.2. The van der Waals surface area contributed by atoms with Gasteiger partial charge in [-0.25, -0.2) is 0 Å². The molecule has 2 aliphatic carbocycles. The summed E-state index contributed by atoms with van der Waals surface area (Å²) in [4.78, 5) is 0. The van der Waals surface area contributed by atoms with E-state index in [2.05, 4.69) is 124 Å². The first-order chi connectivity index (χ1) is 19.7. The molecule has 3 aromatic rings. The summed E-state index contributed by atoms with van der Waals surface area (Å²) < 4.78 is 0. The topological polar surface area (TPSA) is 0 Å². The Morgan fingerprint density at radius 1 is 0.568 bits per heavy atom. The van der Waals surface area contributed by atoms with E-state index in [1.165, 1.54) is 80.9 Å². The van der Waals surface area contributed by atoms with Crippen LogP contribution in [0.5, 0.6) is 0 Å². The van der Waals surface area contributed by atoms with Crippen LogP contribution in [0.3, 0.4) is 0 Å². The van der Waals surface area contributed by atoms with Gasteiger partial charge in [0, 0.05) is 0 Å². The van der Waals surface area contributed by atoms with Crippen LogP contribution in [0.4, 0.5) is 0 Å². The third kappa shape index (κ3) is 9.05. The Labute approximate surface area is 303 Å². The summed E-state index contributed by atoms with van der Waals surface area (Å²) in [6.07, 6.45) is 24.5. The average Bonchev–Trinajstić information content (AvgIpc) is 3.44. The predicted octanol–water partition coefficient (Wildman–Crippen LogP) is -0.469. The standard InChI is InChI=1S/C39H49Si.3ClH.Ti/c1-4-7-12-31-17-24-35(25-18-31)40(36-26-19-32(20-27-36)13-8-5-2,37-28-21-33(22-29-37)14-9-6-3)39-30-23-34-15-10-11-16-38(34)39;;;;/h10-11,15-22,24-30,34,38-39H,4-9,12-14,23H2,1-3H3;3*1H;/q-1;;;;+4/p-3. The van der Waals surface area contributed by atoms with Gasteiger partial charge in [0.15, 0.2) is 0 Å². The van der Waals surface area contributed by atoms with Crippen molar-refractivity contribution in [3.63, 3.8) is 0 Å². The van der Waals surface area contributed by atoms with E-state index in [4.69, 9.17) is 0 Å². The number of unbranched alkanes of at least 4 members (excludes halogenated alkanes) is 3. The van der Waals surface area contributed by atoms with Gasteiger partial charge in [-0.05, 0) is 67.1 Å². The summed E-state index contributed by atoms with van der Waals surface area (Å²) in [6, 6.07) is 29.8. The van der Waals surface area contributed by atoms with E-state index in [1.54, 1.807) is 15.6 Å². The van der Waals surface area contributed by atoms with Crippen LogP contribution in [0.1, 0.15) is 82.4 Å². The first-order valence-corrected chi connectivity index (χ1v) is 18.2. The Hall–Kier alpha value is -1.06. The maximum Gasteiger partial charge on any atom is 4.00 e. The molecule has 1 saturated carbocycles. The van der Waals surface area contributed by atoms with Gasteiger partial charge < -0.3 is 43.6 Å². The Morgan fingerprint density at radius 2 is 0.932 bits per heavy atom. The maximum absolute atomic E-state index is 2.72. The minimum absolute atomic E-state index is 0. The normalized spacial score (nSPS) is 18.3. The number of aryl methyl sites for hydroxylation is 3. The van der Waals surface area contributed by atoms with Gasteiger partial charge in [-0.2, -0.15) is 12.0 Å². The van der Waals surface area contributed by atoms with Gasteiger partial charge in [-0.3, -0.25) is 0 Å². The van der Waals surface area contributed by atoms with Gasteiger partial charge in [0.05, 0.1) is 0 Å². The first-order valence-electron chi connectivity index (χ1n) is 16.2. The second-order valence-corrected chi connectivity index (χ2v) is 16.2. The fourth-order valence-corrected chi connectivity index (χ4v) is 12.9. The molecule has 3 aromatic carbocycles. The van der Waals surface area contributed by atoms with Crippen molar-refractivity contribution in [2.75, 3.05) is 0 Å². The van der Waals surface area contributed by atoms with Gasteiger partial charge in [-0.1, -0.05) is 153 Å². The largest absolute Gasteiger partial charge is 4.00 e. The number of rotatable bonds is 13. The SMILES string of the molecule is CCCCc1ccc([Si](c2ccc(CCCC)cc2)(c2ccc(CCCC)cc2)C2[CH-]CC3C=CC=CC32)cc1.[Cl-].[Cl-].[Cl-].[Ti+4]. The molecule has 3 atom stereocenters. The molecule has 0 N–H and O–H groups in total. The molecule has 0 heterocycles. The molecule has 0 amide bonds. The summed E-state index contributed by atoms with van der Waals surface area (Å²) in [7, 11) is -2.40. The zero-order valence-corrected chi connectivity index (χ0v) is 31.6. The molecule has 0 radical (unpaired) electrons. The first kappa shape index (κ1) is 41.0. The van der Waals surface area contributed by atoms with Crippen molar-refractivity contribution in [3.8, 4) is 0 Å². The number of hydrogen-bond acceptors (Lipinski definition) is 0. The van der Waals surface area contributed by atoms with E-state index in [-0.39, 0.29) is 58.9 Å². The van der Waals surface area contributed by atoms with Crippen LogP contribution in [-0.2, 0) is 41.0 Å². The third-order valence-electron chi connectivity index (χ3n) is 9.56. The fourth-order valence-electron chi connectivity index (χ4n) is 7.24. The second-order valence-electron chi connectivity index (χ2n) is 12.2. The van der Waals surface area contributed by atoms with E-state index < -0.39 is 8.07 Å². The smallest absolute Gasteiger partial charge is 1.00 e. The zero-order valence-electron chi connectivity index (χ0n) is 26.8.